The predicted octanol–water partition coefficient (Wildman–Crippen LogP) is 8.56. The smallest absolute Gasteiger partial charge is 0.341 e. The molecule has 91 heavy (non-hydrogen) atoms. The number of carbonyl (C=O) groups is 4. The molecule has 6 aliphatic rings. The number of methoxy groups -OCH3 is 1. The summed E-state index contributed by atoms with van der Waals surface area (Å²) < 4.78 is 64.4. The number of rotatable bonds is 10. The van der Waals surface area contributed by atoms with Gasteiger partial charge in [0.15, 0.2) is 28.6 Å². The number of phenolic OH excluding ortho intramolecular Hbond substituents is 3. The molecule has 5 aromatic rings. The third-order valence-electron chi connectivity index (χ3n) is 19.9. The van der Waals surface area contributed by atoms with Crippen molar-refractivity contribution in [2.45, 2.75) is 136 Å². The van der Waals surface area contributed by atoms with Crippen molar-refractivity contribution in [2.24, 2.45) is 34.7 Å². The Morgan fingerprint density at radius 2 is 1.60 bits per heavy atom. The van der Waals surface area contributed by atoms with Crippen LogP contribution in [0.3, 0.4) is 0 Å². The van der Waals surface area contributed by atoms with Crippen LogP contribution in [0.5, 0.6) is 17.2 Å². The summed E-state index contributed by atoms with van der Waals surface area (Å²) in [5, 5.41) is 78.4. The van der Waals surface area contributed by atoms with E-state index in [-0.39, 0.29) is 85.2 Å². The highest BCUT2D eigenvalue weighted by Gasteiger charge is 2.56. The zero-order valence-corrected chi connectivity index (χ0v) is 52.5. The molecule has 2 saturated heterocycles. The lowest BCUT2D eigenvalue weighted by atomic mass is 9.78. The molecule has 24 heteroatoms. The van der Waals surface area contributed by atoms with Gasteiger partial charge in [-0.05, 0) is 101 Å². The molecular formula is C67H78F3N7O14. The molecule has 0 radical (unpaired) electrons. The first-order valence-corrected chi connectivity index (χ1v) is 30.6. The Hall–Kier alpha value is -8.32. The van der Waals surface area contributed by atoms with Crippen molar-refractivity contribution >= 4 is 63.2 Å². The van der Waals surface area contributed by atoms with E-state index in [1.165, 1.54) is 39.5 Å². The van der Waals surface area contributed by atoms with Crippen LogP contribution in [0.4, 0.5) is 24.7 Å². The Labute approximate surface area is 523 Å². The number of phenols is 3. The lowest BCUT2D eigenvalue weighted by Crippen LogP contribution is -2.50. The average molecular weight is 1260 g/mol. The normalized spacial score (nSPS) is 28.0. The van der Waals surface area contributed by atoms with E-state index in [0.717, 1.165) is 41.8 Å². The van der Waals surface area contributed by atoms with Crippen LogP contribution in [0.2, 0.25) is 0 Å². The van der Waals surface area contributed by atoms with Crippen LogP contribution in [0.15, 0.2) is 76.5 Å². The second-order valence-electron chi connectivity index (χ2n) is 25.5. The quantitative estimate of drug-likeness (QED) is 0.0298. The van der Waals surface area contributed by atoms with Gasteiger partial charge in [-0.15, -0.1) is 0 Å². The summed E-state index contributed by atoms with van der Waals surface area (Å²) in [4.78, 5) is 75.8. The number of nitrogens with one attached hydrogen (secondary N) is 1. The van der Waals surface area contributed by atoms with Gasteiger partial charge in [0.25, 0.3) is 5.91 Å². The molecule has 3 aromatic carbocycles. The number of hydrazone groups is 1. The number of hydrogen-bond acceptors (Lipinski definition) is 18. The lowest BCUT2D eigenvalue weighted by Gasteiger charge is -2.42. The first-order chi connectivity index (χ1) is 43.0. The highest BCUT2D eigenvalue weighted by molar-refractivity contribution is 6.23. The minimum Gasteiger partial charge on any atom is -0.507 e. The molecule has 2 aromatic heterocycles. The van der Waals surface area contributed by atoms with E-state index in [9.17, 15) is 59.0 Å². The molecule has 1 amide bonds. The number of aliphatic hydroxyl groups is 2. The Morgan fingerprint density at radius 3 is 2.25 bits per heavy atom. The van der Waals surface area contributed by atoms with Crippen molar-refractivity contribution in [1.82, 2.24) is 19.5 Å². The van der Waals surface area contributed by atoms with E-state index >= 15 is 8.78 Å². The van der Waals surface area contributed by atoms with Gasteiger partial charge in [0, 0.05) is 111 Å². The van der Waals surface area contributed by atoms with Crippen molar-refractivity contribution in [3.8, 4) is 22.9 Å². The molecule has 486 valence electrons. The number of amides is 1. The molecule has 4 aliphatic heterocycles. The highest BCUT2D eigenvalue weighted by Crippen LogP contribution is 2.55. The molecule has 5 bridgehead atoms. The SMILES string of the molecule is CO[C@H]1/C=C/O[C@@]2(C)Cc3c(C)c(O)c4c(O)c(c(/C=N/N5CCC(N(C)C6(C7CCN(c8nc9c(cc8F)c(=O)c(C(=O)O)cn9-c8ccc(F)cc8F)C7)CC6)CC5)c(O)c4c3C2=O)NC(=O)/C(C)=C\C=C\[C@H](C)[C@H](O)[C@@H](C)[C@@H](O)[C@@H](C)[C@H](OC(C)=O)[C@@H]1C. The minimum absolute atomic E-state index is 0.0282. The third-order valence-corrected chi connectivity index (χ3v) is 19.9. The van der Waals surface area contributed by atoms with Crippen molar-refractivity contribution in [1.29, 1.82) is 0 Å². The van der Waals surface area contributed by atoms with Crippen LogP contribution in [0, 0.1) is 54.0 Å². The second kappa shape index (κ2) is 25.4. The van der Waals surface area contributed by atoms with E-state index in [4.69, 9.17) is 19.3 Å². The van der Waals surface area contributed by atoms with Gasteiger partial charge in [-0.1, -0.05) is 45.9 Å². The Bertz CT molecular complexity index is 3950. The van der Waals surface area contributed by atoms with Crippen LogP contribution in [0.25, 0.3) is 27.5 Å². The predicted molar refractivity (Wildman–Crippen MR) is 333 cm³/mol. The monoisotopic (exact) mass is 1260 g/mol. The topological polar surface area (TPSA) is 286 Å². The first kappa shape index (κ1) is 65.6. The number of allylic oxidation sites excluding steroid dienone is 2. The molecule has 1 unspecified atom stereocenters. The van der Waals surface area contributed by atoms with Crippen molar-refractivity contribution in [3.63, 3.8) is 0 Å². The van der Waals surface area contributed by atoms with Crippen LogP contribution < -0.4 is 15.6 Å². The maximum Gasteiger partial charge on any atom is 0.341 e. The molecule has 7 N–H and O–H groups in total. The average Bonchev–Trinajstić information content (AvgIpc) is 1.75. The van der Waals surface area contributed by atoms with E-state index in [1.807, 2.05) is 0 Å². The van der Waals surface area contributed by atoms with E-state index in [1.54, 1.807) is 69.7 Å². The summed E-state index contributed by atoms with van der Waals surface area (Å²) in [5.41, 5.74) is -3.98. The molecule has 11 rings (SSSR count). The number of benzene rings is 3. The summed E-state index contributed by atoms with van der Waals surface area (Å²) >= 11 is 0. The minimum atomic E-state index is -1.64. The fourth-order valence-corrected chi connectivity index (χ4v) is 14.2. The number of aromatic nitrogens is 2. The maximum atomic E-state index is 16.2. The van der Waals surface area contributed by atoms with Crippen molar-refractivity contribution in [2.75, 3.05) is 50.6 Å². The van der Waals surface area contributed by atoms with Crippen LogP contribution in [-0.4, -0.2) is 162 Å². The molecule has 10 atom stereocenters. The number of carbonyl (C=O) groups excluding carboxylic acids is 3. The van der Waals surface area contributed by atoms with Crippen LogP contribution >= 0.6 is 0 Å². The number of fused-ring (bicyclic) bond motifs is 15. The zero-order valence-electron chi connectivity index (χ0n) is 52.5. The number of pyridine rings is 2. The van der Waals surface area contributed by atoms with Crippen molar-refractivity contribution < 1.29 is 77.2 Å². The summed E-state index contributed by atoms with van der Waals surface area (Å²) in [6.45, 7) is 14.4. The number of anilines is 2. The number of aliphatic hydroxyl groups excluding tert-OH is 2. The number of nitrogens with zero attached hydrogens (tertiary/aromatic N) is 6. The largest absolute Gasteiger partial charge is 0.507 e. The number of Topliss-reactive ketones (excluding diaryl/α,β-unsaturated/α-hetero) is 1. The first-order valence-electron chi connectivity index (χ1n) is 30.6. The number of carboxylic acids is 1. The maximum absolute atomic E-state index is 16.2. The number of hydrogen-bond donors (Lipinski definition) is 7. The molecule has 0 spiro atoms. The molecule has 1 saturated carbocycles. The third kappa shape index (κ3) is 12.0. The number of carboxylic acid groups (broad SMARTS) is 1. The number of piperidine rings is 1. The van der Waals surface area contributed by atoms with Crippen molar-refractivity contribution in [3.05, 3.63) is 122 Å². The zero-order chi connectivity index (χ0) is 66.0. The van der Waals surface area contributed by atoms with E-state index in [0.29, 0.717) is 57.1 Å². The molecule has 21 nitrogen and oxygen atoms in total. The highest BCUT2D eigenvalue weighted by atomic mass is 19.1. The number of ketones is 1. The fraction of sp³-hybridized carbons (Fsp3) is 0.478. The number of halogens is 3. The van der Waals surface area contributed by atoms with E-state index in [2.05, 4.69) is 22.2 Å². The summed E-state index contributed by atoms with van der Waals surface area (Å²) in [5.74, 6) is -10.7. The molecular weight excluding hydrogens is 1180 g/mol. The second-order valence-corrected chi connectivity index (χ2v) is 25.5. The Balaban J connectivity index is 0.929. The van der Waals surface area contributed by atoms with Gasteiger partial charge in [0.05, 0.1) is 58.5 Å². The Kier molecular flexibility index (Phi) is 18.3. The summed E-state index contributed by atoms with van der Waals surface area (Å²) in [6.07, 6.45) is 9.32. The fourth-order valence-electron chi connectivity index (χ4n) is 14.2. The number of aromatic carboxylic acids is 1. The van der Waals surface area contributed by atoms with Crippen LogP contribution in [-0.2, 0) is 30.2 Å². The molecule has 6 heterocycles. The van der Waals surface area contributed by atoms with Crippen LogP contribution in [0.1, 0.15) is 118 Å². The number of esters is 1. The van der Waals surface area contributed by atoms with Gasteiger partial charge >= 0.3 is 11.9 Å². The lowest BCUT2D eigenvalue weighted by molar-refractivity contribution is -0.160. The molecule has 3 fully saturated rings. The Morgan fingerprint density at radius 1 is 0.901 bits per heavy atom. The van der Waals surface area contributed by atoms with Gasteiger partial charge < -0.3 is 55.1 Å². The summed E-state index contributed by atoms with van der Waals surface area (Å²) in [6, 6.07) is 3.64. The van der Waals surface area contributed by atoms with E-state index < -0.39 is 123 Å². The van der Waals surface area contributed by atoms with Gasteiger partial charge in [-0.2, -0.15) is 5.10 Å². The van der Waals surface area contributed by atoms with Gasteiger partial charge in [0.1, 0.15) is 34.8 Å². The van der Waals surface area contributed by atoms with Gasteiger partial charge in [0.2, 0.25) is 11.2 Å². The standard InChI is InChI=1S/C67H78F3N7O14/c1-32-12-11-13-33(2)64(86)72-53-44(58(83)51-50-43(34(3)56(81)52(51)59(53)84)28-66(8,61(50)85)90-25-19-49(89-10)35(4)60(91-38(7)78)37(6)55(80)36(5)54(32)79)29-71-76-23-17-41(18-24-76)74(9)67(20-21-67)39-16-22-75(30-39)63-47(70)27-42-57(82)45(65(87)88)31-77(62(42)73-63)48-15-14-40(68)26-46(48)69/h11-15,19,25-27,29,31-32,35-37,39,41,49,54-55,60,79-81,83-84H,16-18,20-24,28,30H2,1-10H3,(H,72,86)(H,87,88)/b12-11+,25-19+,33-13-,71-29+/t32-,35+,36+,37+,39?,49-,54-,55+,60+,66-/m0/s1. The molecule has 2 aliphatic carbocycles. The number of aromatic hydroxyl groups is 3. The van der Waals surface area contributed by atoms with Gasteiger partial charge in [-0.25, -0.2) is 22.9 Å². The summed E-state index contributed by atoms with van der Waals surface area (Å²) in [7, 11) is 3.51. The van der Waals surface area contributed by atoms with Gasteiger partial charge in [-0.3, -0.25) is 33.7 Å². The number of ether oxygens (including phenoxy) is 3.